The maximum absolute atomic E-state index is 12.1. The number of ether oxygens (including phenoxy) is 2. The van der Waals surface area contributed by atoms with Gasteiger partial charge in [0.15, 0.2) is 18.1 Å². The monoisotopic (exact) mass is 361 g/mol. The van der Waals surface area contributed by atoms with E-state index in [2.05, 4.69) is 22.1 Å². The Balaban J connectivity index is 1.95. The third-order valence-corrected chi connectivity index (χ3v) is 4.54. The van der Waals surface area contributed by atoms with Crippen LogP contribution in [0.4, 0.5) is 5.13 Å². The molecule has 0 spiro atoms. The minimum atomic E-state index is -0.297. The van der Waals surface area contributed by atoms with Crippen LogP contribution >= 0.6 is 11.3 Å². The van der Waals surface area contributed by atoms with E-state index in [1.807, 2.05) is 39.0 Å². The van der Waals surface area contributed by atoms with Crippen molar-refractivity contribution in [3.63, 3.8) is 0 Å². The Morgan fingerprint density at radius 2 is 2.08 bits per heavy atom. The molecule has 2 rings (SSSR count). The lowest BCUT2D eigenvalue weighted by atomic mass is 9.98. The highest BCUT2D eigenvalue weighted by Crippen LogP contribution is 2.29. The number of nitrogens with zero attached hydrogens (tertiary/aromatic N) is 2. The van der Waals surface area contributed by atoms with Crippen molar-refractivity contribution < 1.29 is 14.3 Å². The van der Waals surface area contributed by atoms with Crippen LogP contribution in [0.3, 0.4) is 0 Å². The highest BCUT2D eigenvalue weighted by molar-refractivity contribution is 7.15. The number of nitrogens with one attached hydrogen (secondary N) is 1. The molecule has 25 heavy (non-hydrogen) atoms. The number of anilines is 1. The first kappa shape index (κ1) is 18.9. The second kappa shape index (κ2) is 8.11. The summed E-state index contributed by atoms with van der Waals surface area (Å²) in [6.45, 7) is 9.72. The van der Waals surface area contributed by atoms with Crippen LogP contribution in [0.15, 0.2) is 30.9 Å². The second-order valence-corrected chi connectivity index (χ2v) is 7.45. The molecule has 6 nitrogen and oxygen atoms in total. The topological polar surface area (TPSA) is 73.3 Å². The van der Waals surface area contributed by atoms with Crippen molar-refractivity contribution in [2.45, 2.75) is 32.6 Å². The summed E-state index contributed by atoms with van der Waals surface area (Å²) in [7, 11) is 1.56. The third-order valence-electron chi connectivity index (χ3n) is 3.28. The van der Waals surface area contributed by atoms with E-state index >= 15 is 0 Å². The van der Waals surface area contributed by atoms with E-state index in [4.69, 9.17) is 9.47 Å². The standard InChI is InChI=1S/C18H23N3O3S/c1-6-7-12-8-9-13(14(10-12)23-5)24-11-15(22)19-17-21-20-16(25-17)18(2,3)4/h6,8-10H,1,7,11H2,2-5H3,(H,19,21,22). The zero-order valence-electron chi connectivity index (χ0n) is 15.0. The predicted molar refractivity (Wildman–Crippen MR) is 99.6 cm³/mol. The van der Waals surface area contributed by atoms with Crippen LogP contribution in [-0.2, 0) is 16.6 Å². The van der Waals surface area contributed by atoms with E-state index in [1.54, 1.807) is 13.2 Å². The van der Waals surface area contributed by atoms with Crippen molar-refractivity contribution in [2.75, 3.05) is 19.0 Å². The molecule has 2 aromatic rings. The molecule has 0 bridgehead atoms. The van der Waals surface area contributed by atoms with Gasteiger partial charge in [0.2, 0.25) is 5.13 Å². The van der Waals surface area contributed by atoms with Gasteiger partial charge in [-0.15, -0.1) is 16.8 Å². The van der Waals surface area contributed by atoms with Gasteiger partial charge < -0.3 is 9.47 Å². The molecule has 1 aromatic heterocycles. The molecular formula is C18H23N3O3S. The lowest BCUT2D eigenvalue weighted by Crippen LogP contribution is -2.20. The molecule has 0 aliphatic carbocycles. The Kier molecular flexibility index (Phi) is 6.14. The first-order valence-electron chi connectivity index (χ1n) is 7.88. The zero-order chi connectivity index (χ0) is 18.4. The van der Waals surface area contributed by atoms with Gasteiger partial charge in [0.25, 0.3) is 5.91 Å². The Labute approximate surface area is 151 Å². The van der Waals surface area contributed by atoms with Crippen LogP contribution in [0.1, 0.15) is 31.3 Å². The van der Waals surface area contributed by atoms with E-state index in [9.17, 15) is 4.79 Å². The molecule has 0 saturated heterocycles. The van der Waals surface area contributed by atoms with Crippen molar-refractivity contribution in [3.05, 3.63) is 41.4 Å². The molecule has 1 aromatic carbocycles. The van der Waals surface area contributed by atoms with E-state index < -0.39 is 0 Å². The Bertz CT molecular complexity index is 750. The van der Waals surface area contributed by atoms with Crippen LogP contribution < -0.4 is 14.8 Å². The van der Waals surface area contributed by atoms with Crippen molar-refractivity contribution in [1.29, 1.82) is 0 Å². The molecule has 0 fully saturated rings. The van der Waals surface area contributed by atoms with E-state index in [1.165, 1.54) is 11.3 Å². The fourth-order valence-electron chi connectivity index (χ4n) is 2.00. The minimum absolute atomic E-state index is 0.0995. The zero-order valence-corrected chi connectivity index (χ0v) is 15.8. The highest BCUT2D eigenvalue weighted by Gasteiger charge is 2.20. The summed E-state index contributed by atoms with van der Waals surface area (Å²) in [5, 5.41) is 12.1. The lowest BCUT2D eigenvalue weighted by Gasteiger charge is -2.12. The Hall–Kier alpha value is -2.41. The van der Waals surface area contributed by atoms with E-state index in [0.29, 0.717) is 16.6 Å². The van der Waals surface area contributed by atoms with Crippen LogP contribution in [0.2, 0.25) is 0 Å². The molecule has 1 heterocycles. The van der Waals surface area contributed by atoms with Crippen molar-refractivity contribution in [2.24, 2.45) is 0 Å². The van der Waals surface area contributed by atoms with Crippen molar-refractivity contribution in [3.8, 4) is 11.5 Å². The van der Waals surface area contributed by atoms with Gasteiger partial charge in [-0.2, -0.15) is 0 Å². The fraction of sp³-hybridized carbons (Fsp3) is 0.389. The molecule has 0 aliphatic heterocycles. The second-order valence-electron chi connectivity index (χ2n) is 6.48. The predicted octanol–water partition coefficient (Wildman–Crippen LogP) is 3.59. The molecule has 134 valence electrons. The summed E-state index contributed by atoms with van der Waals surface area (Å²) in [6, 6.07) is 5.57. The molecule has 0 saturated carbocycles. The molecule has 1 N–H and O–H groups in total. The van der Waals surface area contributed by atoms with Gasteiger partial charge in [-0.1, -0.05) is 44.3 Å². The normalized spacial score (nSPS) is 11.0. The minimum Gasteiger partial charge on any atom is -0.493 e. The third kappa shape index (κ3) is 5.29. The molecule has 0 unspecified atom stereocenters. The Morgan fingerprint density at radius 3 is 2.68 bits per heavy atom. The van der Waals surface area contributed by atoms with E-state index in [0.717, 1.165) is 17.0 Å². The maximum Gasteiger partial charge on any atom is 0.264 e. The number of carbonyl (C=O) groups is 1. The van der Waals surface area contributed by atoms with Gasteiger partial charge in [0.1, 0.15) is 5.01 Å². The Morgan fingerprint density at radius 1 is 1.32 bits per heavy atom. The van der Waals surface area contributed by atoms with Gasteiger partial charge >= 0.3 is 0 Å². The van der Waals surface area contributed by atoms with Crippen LogP contribution in [-0.4, -0.2) is 29.8 Å². The van der Waals surface area contributed by atoms with Crippen LogP contribution in [0.5, 0.6) is 11.5 Å². The van der Waals surface area contributed by atoms with E-state index in [-0.39, 0.29) is 17.9 Å². The van der Waals surface area contributed by atoms with Gasteiger partial charge in [0, 0.05) is 5.41 Å². The first-order valence-corrected chi connectivity index (χ1v) is 8.69. The summed E-state index contributed by atoms with van der Waals surface area (Å²) < 4.78 is 10.9. The van der Waals surface area contributed by atoms with Gasteiger partial charge in [0.05, 0.1) is 7.11 Å². The summed E-state index contributed by atoms with van der Waals surface area (Å²) in [5.74, 6) is 0.796. The number of carbonyl (C=O) groups excluding carboxylic acids is 1. The molecular weight excluding hydrogens is 338 g/mol. The number of methoxy groups -OCH3 is 1. The average Bonchev–Trinajstić information content (AvgIpc) is 3.02. The van der Waals surface area contributed by atoms with Crippen molar-refractivity contribution >= 4 is 22.4 Å². The molecule has 0 atom stereocenters. The molecule has 0 aliphatic rings. The van der Waals surface area contributed by atoms with Crippen LogP contribution in [0.25, 0.3) is 0 Å². The van der Waals surface area contributed by atoms with Crippen LogP contribution in [0, 0.1) is 0 Å². The summed E-state index contributed by atoms with van der Waals surface area (Å²) in [4.78, 5) is 12.1. The quantitative estimate of drug-likeness (QED) is 0.763. The number of amides is 1. The number of allylic oxidation sites excluding steroid dienone is 1. The number of aromatic nitrogens is 2. The summed E-state index contributed by atoms with van der Waals surface area (Å²) >= 11 is 1.36. The SMILES string of the molecule is C=CCc1ccc(OCC(=O)Nc2nnc(C(C)(C)C)s2)c(OC)c1. The van der Waals surface area contributed by atoms with Crippen molar-refractivity contribution in [1.82, 2.24) is 10.2 Å². The first-order chi connectivity index (χ1) is 11.8. The van der Waals surface area contributed by atoms with Gasteiger partial charge in [-0.3, -0.25) is 10.1 Å². The van der Waals surface area contributed by atoms with Gasteiger partial charge in [-0.05, 0) is 24.1 Å². The largest absolute Gasteiger partial charge is 0.493 e. The highest BCUT2D eigenvalue weighted by atomic mass is 32.1. The number of benzene rings is 1. The number of rotatable bonds is 7. The number of hydrogen-bond donors (Lipinski definition) is 1. The fourth-order valence-corrected chi connectivity index (χ4v) is 2.82. The summed E-state index contributed by atoms with van der Waals surface area (Å²) in [5.41, 5.74) is 0.963. The smallest absolute Gasteiger partial charge is 0.264 e. The number of hydrogen-bond acceptors (Lipinski definition) is 6. The maximum atomic E-state index is 12.1. The lowest BCUT2D eigenvalue weighted by molar-refractivity contribution is -0.118. The molecule has 0 radical (unpaired) electrons. The average molecular weight is 361 g/mol. The van der Waals surface area contributed by atoms with Gasteiger partial charge in [-0.25, -0.2) is 0 Å². The molecule has 7 heteroatoms. The molecule has 1 amide bonds. The summed E-state index contributed by atoms with van der Waals surface area (Å²) in [6.07, 6.45) is 2.56.